The molecule has 0 saturated heterocycles. The van der Waals surface area contributed by atoms with Gasteiger partial charge in [0.2, 0.25) is 0 Å². The Balaban J connectivity index is 2.74. The Morgan fingerprint density at radius 1 is 1.44 bits per heavy atom. The second-order valence-electron chi connectivity index (χ2n) is 1.77. The third-order valence-corrected chi connectivity index (χ3v) is 1.05. The average molecular weight is 138 g/mol. The Hall–Kier alpha value is -0.710. The summed E-state index contributed by atoms with van der Waals surface area (Å²) >= 11 is 0. The van der Waals surface area contributed by atoms with Crippen LogP contribution in [0.25, 0.3) is 0 Å². The predicted octanol–water partition coefficient (Wildman–Crippen LogP) is 1.14. The lowest BCUT2D eigenvalue weighted by atomic mass is 10.6. The molecular weight excluding hydrogens is 133 g/mol. The summed E-state index contributed by atoms with van der Waals surface area (Å²) in [6.45, 7) is -0.331. The second-order valence-corrected chi connectivity index (χ2v) is 1.77. The number of hydrogen-bond acceptors (Lipinski definition) is 2. The number of hydrogen-bond donors (Lipinski definition) is 0. The van der Waals surface area contributed by atoms with Gasteiger partial charge in [-0.15, -0.1) is 5.23 Å². The number of rotatable bonds is 0. The number of hydrazine groups is 1. The van der Waals surface area contributed by atoms with Gasteiger partial charge in [0.25, 0.3) is 5.95 Å². The summed E-state index contributed by atoms with van der Waals surface area (Å²) in [5.74, 6) is -2.52. The molecule has 5 heteroatoms. The van der Waals surface area contributed by atoms with Crippen molar-refractivity contribution in [2.24, 2.45) is 0 Å². The zero-order valence-electron chi connectivity index (χ0n) is 4.74. The molecular formula is C4H5F3N2. The Morgan fingerprint density at radius 3 is 2.11 bits per heavy atom. The molecule has 0 aliphatic carbocycles. The number of halogens is 3. The molecule has 0 spiro atoms. The minimum atomic E-state index is -1.45. The molecule has 2 nitrogen and oxygen atoms in total. The van der Waals surface area contributed by atoms with Gasteiger partial charge in [0.15, 0.2) is 5.83 Å². The van der Waals surface area contributed by atoms with Gasteiger partial charge in [-0.2, -0.15) is 9.40 Å². The fraction of sp³-hybridized carbons (Fsp3) is 0.500. The third-order valence-electron chi connectivity index (χ3n) is 1.05. The first kappa shape index (κ1) is 6.41. The Labute approximate surface area is 50.1 Å². The molecule has 1 aliphatic rings. The van der Waals surface area contributed by atoms with E-state index in [1.807, 2.05) is 0 Å². The van der Waals surface area contributed by atoms with Gasteiger partial charge >= 0.3 is 0 Å². The van der Waals surface area contributed by atoms with Crippen LogP contribution in [0.15, 0.2) is 11.8 Å². The van der Waals surface area contributed by atoms with E-state index in [2.05, 4.69) is 0 Å². The zero-order valence-corrected chi connectivity index (χ0v) is 4.74. The highest BCUT2D eigenvalue weighted by atomic mass is 19.2. The molecule has 1 heterocycles. The molecule has 0 bridgehead atoms. The highest BCUT2D eigenvalue weighted by Crippen LogP contribution is 2.23. The minimum Gasteiger partial charge on any atom is -0.205 e. The first-order valence-corrected chi connectivity index (χ1v) is 2.34. The minimum absolute atomic E-state index is 0.331. The van der Waals surface area contributed by atoms with Crippen LogP contribution in [0.5, 0.6) is 0 Å². The molecule has 0 amide bonds. The van der Waals surface area contributed by atoms with Crippen molar-refractivity contribution in [3.8, 4) is 0 Å². The number of likely N-dealkylation sites (N-methyl/N-ethyl adjacent to an activating group) is 1. The summed E-state index contributed by atoms with van der Waals surface area (Å²) in [6.07, 6.45) is 0. The van der Waals surface area contributed by atoms with Crippen molar-refractivity contribution in [3.63, 3.8) is 0 Å². The fourth-order valence-electron chi connectivity index (χ4n) is 0.578. The van der Waals surface area contributed by atoms with Crippen molar-refractivity contribution >= 4 is 0 Å². The molecule has 0 aromatic rings. The average Bonchev–Trinajstić information content (AvgIpc) is 1.98. The standard InChI is InChI=1S/C4H5F3N2/c1-8-2-3(5)4(6)9(8)7/h2H2,1H3. The quantitative estimate of drug-likeness (QED) is 0.366. The van der Waals surface area contributed by atoms with Gasteiger partial charge in [-0.05, 0) is 0 Å². The van der Waals surface area contributed by atoms with Gasteiger partial charge in [0.05, 0.1) is 6.54 Å². The van der Waals surface area contributed by atoms with E-state index in [0.717, 1.165) is 5.01 Å². The molecule has 0 fully saturated rings. The summed E-state index contributed by atoms with van der Waals surface area (Å²) in [5, 5.41) is 0.417. The normalized spacial score (nSPS) is 22.0. The Kier molecular flexibility index (Phi) is 1.36. The maximum Gasteiger partial charge on any atom is 0.267 e. The maximum atomic E-state index is 12.0. The largest absolute Gasteiger partial charge is 0.267 e. The van der Waals surface area contributed by atoms with E-state index >= 15 is 0 Å². The lowest BCUT2D eigenvalue weighted by molar-refractivity contribution is -0.120. The molecule has 9 heavy (non-hydrogen) atoms. The molecule has 1 rings (SSSR count). The van der Waals surface area contributed by atoms with Gasteiger partial charge < -0.3 is 0 Å². The van der Waals surface area contributed by atoms with Crippen LogP contribution in [0.1, 0.15) is 0 Å². The second kappa shape index (κ2) is 1.91. The van der Waals surface area contributed by atoms with Crippen LogP contribution in [0.2, 0.25) is 0 Å². The van der Waals surface area contributed by atoms with Crippen molar-refractivity contribution in [2.45, 2.75) is 0 Å². The van der Waals surface area contributed by atoms with Gasteiger partial charge in [-0.3, -0.25) is 0 Å². The van der Waals surface area contributed by atoms with E-state index < -0.39 is 11.8 Å². The lowest BCUT2D eigenvalue weighted by Crippen LogP contribution is -2.25. The Morgan fingerprint density at radius 2 is 2.00 bits per heavy atom. The first-order valence-electron chi connectivity index (χ1n) is 2.34. The topological polar surface area (TPSA) is 6.48 Å². The van der Waals surface area contributed by atoms with Gasteiger partial charge in [-0.25, -0.2) is 4.39 Å². The SMILES string of the molecule is CN1CC(F)=C(F)N1F. The fourth-order valence-corrected chi connectivity index (χ4v) is 0.578. The summed E-state index contributed by atoms with van der Waals surface area (Å²) in [6, 6.07) is 0. The molecule has 0 aromatic carbocycles. The molecule has 0 radical (unpaired) electrons. The predicted molar refractivity (Wildman–Crippen MR) is 24.8 cm³/mol. The van der Waals surface area contributed by atoms with E-state index in [1.54, 1.807) is 0 Å². The highest BCUT2D eigenvalue weighted by molar-refractivity contribution is 5.03. The summed E-state index contributed by atoms with van der Waals surface area (Å²) in [7, 11) is 1.24. The van der Waals surface area contributed by atoms with Crippen molar-refractivity contribution in [1.29, 1.82) is 0 Å². The summed E-state index contributed by atoms with van der Waals surface area (Å²) < 4.78 is 36.0. The van der Waals surface area contributed by atoms with Gasteiger partial charge in [-0.1, -0.05) is 4.48 Å². The lowest BCUT2D eigenvalue weighted by Gasteiger charge is -2.12. The van der Waals surface area contributed by atoms with Crippen molar-refractivity contribution in [3.05, 3.63) is 11.8 Å². The van der Waals surface area contributed by atoms with Crippen molar-refractivity contribution in [2.75, 3.05) is 13.6 Å². The highest BCUT2D eigenvalue weighted by Gasteiger charge is 2.28. The van der Waals surface area contributed by atoms with Crippen LogP contribution < -0.4 is 0 Å². The van der Waals surface area contributed by atoms with E-state index in [1.165, 1.54) is 7.05 Å². The molecule has 0 atom stereocenters. The smallest absolute Gasteiger partial charge is 0.205 e. The van der Waals surface area contributed by atoms with Crippen molar-refractivity contribution < 1.29 is 13.3 Å². The van der Waals surface area contributed by atoms with E-state index in [4.69, 9.17) is 0 Å². The van der Waals surface area contributed by atoms with E-state index in [9.17, 15) is 13.3 Å². The van der Waals surface area contributed by atoms with Crippen LogP contribution in [0.3, 0.4) is 0 Å². The molecule has 52 valence electrons. The Bertz CT molecular complexity index is 156. The van der Waals surface area contributed by atoms with Crippen LogP contribution in [-0.4, -0.2) is 23.8 Å². The van der Waals surface area contributed by atoms with Crippen molar-refractivity contribution in [1.82, 2.24) is 10.2 Å². The zero-order chi connectivity index (χ0) is 7.02. The molecule has 1 aliphatic heterocycles. The molecule has 0 saturated carbocycles. The van der Waals surface area contributed by atoms with Crippen LogP contribution in [0, 0.1) is 0 Å². The molecule has 0 N–H and O–H groups in total. The van der Waals surface area contributed by atoms with Crippen LogP contribution in [-0.2, 0) is 0 Å². The first-order chi connectivity index (χ1) is 4.13. The van der Waals surface area contributed by atoms with Gasteiger partial charge in [0, 0.05) is 7.05 Å². The molecule has 0 unspecified atom stereocenters. The third kappa shape index (κ3) is 0.873. The summed E-state index contributed by atoms with van der Waals surface area (Å²) in [4.78, 5) is 0. The van der Waals surface area contributed by atoms with Gasteiger partial charge in [0.1, 0.15) is 0 Å². The summed E-state index contributed by atoms with van der Waals surface area (Å²) in [5.41, 5.74) is 0. The van der Waals surface area contributed by atoms with E-state index in [0.29, 0.717) is 0 Å². The van der Waals surface area contributed by atoms with Crippen LogP contribution >= 0.6 is 0 Å². The molecule has 0 aromatic heterocycles. The van der Waals surface area contributed by atoms with E-state index in [-0.39, 0.29) is 11.8 Å². The number of nitrogens with zero attached hydrogens (tertiary/aromatic N) is 2. The monoisotopic (exact) mass is 138 g/mol. The van der Waals surface area contributed by atoms with Crippen LogP contribution in [0.4, 0.5) is 13.3 Å². The maximum absolute atomic E-state index is 12.0.